The first-order valence-electron chi connectivity index (χ1n) is 12.1. The van der Waals surface area contributed by atoms with Crippen LogP contribution in [0.3, 0.4) is 0 Å². The summed E-state index contributed by atoms with van der Waals surface area (Å²) in [6, 6.07) is 18.1. The van der Waals surface area contributed by atoms with Gasteiger partial charge in [-0.2, -0.15) is 0 Å². The Bertz CT molecular complexity index is 1690. The van der Waals surface area contributed by atoms with Gasteiger partial charge in [0.05, 0.1) is 39.6 Å². The van der Waals surface area contributed by atoms with Crippen LogP contribution in [0.15, 0.2) is 84.1 Å². The smallest absolute Gasteiger partial charge is 0.338 e. The van der Waals surface area contributed by atoms with Crippen molar-refractivity contribution in [2.75, 3.05) is 6.26 Å². The molecule has 4 aromatic rings. The molecular formula is C28H23N3O6S. The highest BCUT2D eigenvalue weighted by Gasteiger charge is 2.43. The number of nitrogens with zero attached hydrogens (tertiary/aromatic N) is 3. The van der Waals surface area contributed by atoms with Gasteiger partial charge in [-0.15, -0.1) is 0 Å². The molecule has 0 bridgehead atoms. The van der Waals surface area contributed by atoms with Crippen LogP contribution in [0, 0.1) is 16.0 Å². The van der Waals surface area contributed by atoms with E-state index in [4.69, 9.17) is 4.74 Å². The fourth-order valence-electron chi connectivity index (χ4n) is 5.69. The van der Waals surface area contributed by atoms with E-state index in [1.807, 2.05) is 24.4 Å². The lowest BCUT2D eigenvalue weighted by Crippen LogP contribution is -2.32. The molecular weight excluding hydrogens is 506 g/mol. The highest BCUT2D eigenvalue weighted by molar-refractivity contribution is 7.90. The molecule has 1 aliphatic carbocycles. The van der Waals surface area contributed by atoms with Gasteiger partial charge in [-0.25, -0.2) is 18.2 Å². The Balaban J connectivity index is 1.45. The number of fused-ring (bicyclic) bond motifs is 4. The van der Waals surface area contributed by atoms with Gasteiger partial charge in [-0.1, -0.05) is 30.3 Å². The molecule has 9 nitrogen and oxygen atoms in total. The number of sulfone groups is 1. The zero-order valence-electron chi connectivity index (χ0n) is 20.4. The number of carbonyl (C=O) groups excluding carboxylic acids is 1. The first-order valence-corrected chi connectivity index (χ1v) is 14.0. The SMILES string of the molecule is CS(=O)(=O)c1ccc2c(c1)C(OC(=O)c1ccc([N+](=O)[O-])cc1)C(C1c3ccccc3-c3cncn31)CC2. The molecule has 0 saturated carbocycles. The second-order valence-electron chi connectivity index (χ2n) is 9.68. The van der Waals surface area contributed by atoms with Gasteiger partial charge in [0, 0.05) is 29.9 Å². The van der Waals surface area contributed by atoms with E-state index in [0.717, 1.165) is 28.6 Å². The van der Waals surface area contributed by atoms with Crippen LogP contribution in [0.25, 0.3) is 11.3 Å². The Morgan fingerprint density at radius 1 is 1.08 bits per heavy atom. The number of nitro groups is 1. The lowest BCUT2D eigenvalue weighted by atomic mass is 9.75. The Morgan fingerprint density at radius 2 is 1.84 bits per heavy atom. The predicted molar refractivity (Wildman–Crippen MR) is 138 cm³/mol. The van der Waals surface area contributed by atoms with Crippen LogP contribution in [0.5, 0.6) is 0 Å². The van der Waals surface area contributed by atoms with Crippen LogP contribution >= 0.6 is 0 Å². The summed E-state index contributed by atoms with van der Waals surface area (Å²) in [7, 11) is -3.50. The van der Waals surface area contributed by atoms with E-state index in [1.54, 1.807) is 24.5 Å². The summed E-state index contributed by atoms with van der Waals surface area (Å²) in [5.74, 6) is -0.847. The third-order valence-electron chi connectivity index (χ3n) is 7.46. The molecule has 3 atom stereocenters. The van der Waals surface area contributed by atoms with Crippen molar-refractivity contribution in [2.45, 2.75) is 29.9 Å². The number of aryl methyl sites for hydroxylation is 1. The summed E-state index contributed by atoms with van der Waals surface area (Å²) in [6.45, 7) is 0. The quantitative estimate of drug-likeness (QED) is 0.204. The van der Waals surface area contributed by atoms with Crippen LogP contribution in [0.4, 0.5) is 5.69 Å². The van der Waals surface area contributed by atoms with Gasteiger partial charge in [0.2, 0.25) is 0 Å². The number of hydrogen-bond donors (Lipinski definition) is 0. The molecule has 2 heterocycles. The third kappa shape index (κ3) is 3.97. The zero-order chi connectivity index (χ0) is 26.6. The molecule has 192 valence electrons. The minimum absolute atomic E-state index is 0.129. The molecule has 0 amide bonds. The number of hydrogen-bond acceptors (Lipinski definition) is 7. The maximum absolute atomic E-state index is 13.4. The van der Waals surface area contributed by atoms with Crippen LogP contribution < -0.4 is 0 Å². The van der Waals surface area contributed by atoms with E-state index in [0.29, 0.717) is 18.4 Å². The number of ether oxygens (including phenoxy) is 1. The van der Waals surface area contributed by atoms with Crippen molar-refractivity contribution in [1.82, 2.24) is 9.55 Å². The lowest BCUT2D eigenvalue weighted by Gasteiger charge is -2.37. The minimum atomic E-state index is -3.50. The van der Waals surface area contributed by atoms with Crippen molar-refractivity contribution in [3.63, 3.8) is 0 Å². The second kappa shape index (κ2) is 8.91. The van der Waals surface area contributed by atoms with E-state index in [2.05, 4.69) is 15.6 Å². The topological polar surface area (TPSA) is 121 Å². The van der Waals surface area contributed by atoms with Crippen LogP contribution in [0.1, 0.15) is 45.6 Å². The Morgan fingerprint density at radius 3 is 2.58 bits per heavy atom. The monoisotopic (exact) mass is 529 g/mol. The Kier molecular flexibility index (Phi) is 5.64. The van der Waals surface area contributed by atoms with Gasteiger partial charge < -0.3 is 9.30 Å². The highest BCUT2D eigenvalue weighted by Crippen LogP contribution is 2.51. The van der Waals surface area contributed by atoms with Crippen LogP contribution in [-0.4, -0.2) is 35.1 Å². The average Bonchev–Trinajstić information content (AvgIpc) is 3.49. The van der Waals surface area contributed by atoms with Crippen molar-refractivity contribution in [3.8, 4) is 11.3 Å². The number of esters is 1. The van der Waals surface area contributed by atoms with Gasteiger partial charge in [0.1, 0.15) is 6.10 Å². The second-order valence-corrected chi connectivity index (χ2v) is 11.7. The van der Waals surface area contributed by atoms with E-state index >= 15 is 0 Å². The molecule has 0 spiro atoms. The first kappa shape index (κ1) is 24.1. The standard InChI is InChI=1S/C28H23N3O6S/c1-38(35,36)20-12-8-17-9-13-23(26-22-5-3-2-4-21(22)25-15-29-16-30(25)26)27(24(17)14-20)37-28(32)18-6-10-19(11-7-18)31(33)34/h2-8,10-12,14-16,23,26-27H,9,13H2,1H3. The van der Waals surface area contributed by atoms with Crippen LogP contribution in [-0.2, 0) is 21.0 Å². The summed E-state index contributed by atoms with van der Waals surface area (Å²) in [4.78, 5) is 28.4. The highest BCUT2D eigenvalue weighted by atomic mass is 32.2. The molecule has 38 heavy (non-hydrogen) atoms. The van der Waals surface area contributed by atoms with Gasteiger partial charge >= 0.3 is 5.97 Å². The maximum atomic E-state index is 13.4. The van der Waals surface area contributed by atoms with Gasteiger partial charge in [-0.3, -0.25) is 10.1 Å². The largest absolute Gasteiger partial charge is 0.453 e. The molecule has 2 aliphatic rings. The number of rotatable bonds is 5. The molecule has 0 N–H and O–H groups in total. The number of imidazole rings is 1. The number of benzene rings is 3. The van der Waals surface area contributed by atoms with Gasteiger partial charge in [0.15, 0.2) is 9.84 Å². The summed E-state index contributed by atoms with van der Waals surface area (Å²) in [5.41, 5.74) is 4.76. The summed E-state index contributed by atoms with van der Waals surface area (Å²) >= 11 is 0. The fourth-order valence-corrected chi connectivity index (χ4v) is 6.34. The number of nitro benzene ring substituents is 1. The van der Waals surface area contributed by atoms with Crippen molar-refractivity contribution >= 4 is 21.5 Å². The molecule has 6 rings (SSSR count). The molecule has 0 fully saturated rings. The molecule has 3 aromatic carbocycles. The van der Waals surface area contributed by atoms with Crippen molar-refractivity contribution in [2.24, 2.45) is 5.92 Å². The number of carbonyl (C=O) groups is 1. The number of non-ortho nitro benzene ring substituents is 1. The fraction of sp³-hybridized carbons (Fsp3) is 0.214. The summed E-state index contributed by atoms with van der Waals surface area (Å²) in [5, 5.41) is 11.1. The predicted octanol–water partition coefficient (Wildman–Crippen LogP) is 4.93. The molecule has 1 aliphatic heterocycles. The maximum Gasteiger partial charge on any atom is 0.338 e. The Labute approximate surface area is 218 Å². The molecule has 3 unspecified atom stereocenters. The van der Waals surface area contributed by atoms with Gasteiger partial charge in [-0.05, 0) is 53.8 Å². The molecule has 1 aromatic heterocycles. The molecule has 10 heteroatoms. The summed E-state index contributed by atoms with van der Waals surface area (Å²) in [6.07, 6.45) is 5.37. The van der Waals surface area contributed by atoms with E-state index in [9.17, 15) is 23.3 Å². The zero-order valence-corrected chi connectivity index (χ0v) is 21.2. The molecule has 0 radical (unpaired) electrons. The summed E-state index contributed by atoms with van der Waals surface area (Å²) < 4.78 is 33.1. The van der Waals surface area contributed by atoms with E-state index < -0.39 is 26.8 Å². The third-order valence-corrected chi connectivity index (χ3v) is 8.57. The minimum Gasteiger partial charge on any atom is -0.453 e. The normalized spacial score (nSPS) is 19.8. The van der Waals surface area contributed by atoms with Crippen molar-refractivity contribution in [1.29, 1.82) is 0 Å². The van der Waals surface area contributed by atoms with Crippen molar-refractivity contribution in [3.05, 3.63) is 112 Å². The van der Waals surface area contributed by atoms with Crippen LogP contribution in [0.2, 0.25) is 0 Å². The van der Waals surface area contributed by atoms with Gasteiger partial charge in [0.25, 0.3) is 5.69 Å². The van der Waals surface area contributed by atoms with E-state index in [-0.39, 0.29) is 28.1 Å². The van der Waals surface area contributed by atoms with E-state index in [1.165, 1.54) is 24.3 Å². The lowest BCUT2D eigenvalue weighted by molar-refractivity contribution is -0.384. The number of aromatic nitrogens is 2. The first-order chi connectivity index (χ1) is 18.2. The average molecular weight is 530 g/mol. The Hall–Kier alpha value is -4.31. The molecule has 0 saturated heterocycles. The van der Waals surface area contributed by atoms with Crippen molar-refractivity contribution < 1.29 is 22.9 Å².